The molecule has 0 spiro atoms. The molecule has 10 aromatic rings. The van der Waals surface area contributed by atoms with Crippen LogP contribution >= 0.6 is 0 Å². The fraction of sp³-hybridized carbons (Fsp3) is 0. The molecule has 0 radical (unpaired) electrons. The van der Waals surface area contributed by atoms with Crippen molar-refractivity contribution >= 4 is 39.0 Å². The van der Waals surface area contributed by atoms with Crippen molar-refractivity contribution in [2.75, 3.05) is 4.90 Å². The van der Waals surface area contributed by atoms with E-state index < -0.39 is 0 Å². The van der Waals surface area contributed by atoms with Crippen molar-refractivity contribution in [2.45, 2.75) is 0 Å². The Kier molecular flexibility index (Phi) is 8.55. The van der Waals surface area contributed by atoms with Crippen molar-refractivity contribution in [3.05, 3.63) is 224 Å². The number of para-hydroxylation sites is 3. The Hall–Kier alpha value is -7.42. The van der Waals surface area contributed by atoms with Gasteiger partial charge in [0.25, 0.3) is 0 Å². The molecule has 0 aliphatic carbocycles. The molecule has 10 rings (SSSR count). The molecule has 0 aliphatic heterocycles. The molecule has 0 amide bonds. The van der Waals surface area contributed by atoms with Gasteiger partial charge in [-0.2, -0.15) is 0 Å². The molecule has 1 heterocycles. The van der Waals surface area contributed by atoms with E-state index in [1.54, 1.807) is 0 Å². The Bertz CT molecular complexity index is 2950. The molecule has 0 fully saturated rings. The molecule has 0 saturated carbocycles. The van der Waals surface area contributed by atoms with Crippen LogP contribution in [0.5, 0.6) is 0 Å². The molecular weight excluding hydrogens is 679 g/mol. The Morgan fingerprint density at radius 3 is 1.46 bits per heavy atom. The average molecular weight is 716 g/mol. The predicted octanol–water partition coefficient (Wildman–Crippen LogP) is 15.4. The van der Waals surface area contributed by atoms with Gasteiger partial charge >= 0.3 is 0 Å². The van der Waals surface area contributed by atoms with Crippen LogP contribution < -0.4 is 4.90 Å². The summed E-state index contributed by atoms with van der Waals surface area (Å²) >= 11 is 0. The van der Waals surface area contributed by atoms with Crippen LogP contribution in [0, 0.1) is 0 Å². The number of nitrogens with zero attached hydrogens (tertiary/aromatic N) is 1. The summed E-state index contributed by atoms with van der Waals surface area (Å²) in [6, 6.07) is 80.1. The van der Waals surface area contributed by atoms with Crippen LogP contribution in [0.15, 0.2) is 229 Å². The van der Waals surface area contributed by atoms with Crippen LogP contribution in [0.4, 0.5) is 17.1 Å². The zero-order chi connectivity index (χ0) is 37.3. The van der Waals surface area contributed by atoms with Crippen molar-refractivity contribution in [2.24, 2.45) is 0 Å². The zero-order valence-electron chi connectivity index (χ0n) is 30.7. The highest BCUT2D eigenvalue weighted by molar-refractivity contribution is 6.10. The van der Waals surface area contributed by atoms with Crippen LogP contribution in [0.2, 0.25) is 0 Å². The van der Waals surface area contributed by atoms with Gasteiger partial charge < -0.3 is 9.32 Å². The SMILES string of the molecule is c1ccc(-c2ccccc2-c2c(-c3ccccc3)cccc2N(c2ccc(-c3cccc4c3oc3ccccc34)cc2)c2ccccc2-c2ccccc2)cc1. The standard InChI is InChI=1S/C54H37NO/c1-4-18-38(19-5-1)43-24-10-11-27-48(43)53-45(40-22-8-3-9-23-40)28-17-32-51(53)55(50-31-14-12-25-44(50)39-20-6-2-7-21-39)42-36-34-41(35-37-42)46-29-16-30-49-47-26-13-15-33-52(47)56-54(46)49/h1-37H. The van der Waals surface area contributed by atoms with E-state index in [4.69, 9.17) is 4.42 Å². The van der Waals surface area contributed by atoms with Gasteiger partial charge in [-0.05, 0) is 69.3 Å². The summed E-state index contributed by atoms with van der Waals surface area (Å²) in [6.45, 7) is 0. The fourth-order valence-corrected chi connectivity index (χ4v) is 8.14. The Labute approximate surface area is 327 Å². The fourth-order valence-electron chi connectivity index (χ4n) is 8.14. The van der Waals surface area contributed by atoms with Crippen molar-refractivity contribution in [3.8, 4) is 55.6 Å². The van der Waals surface area contributed by atoms with Gasteiger partial charge in [0, 0.05) is 33.2 Å². The number of fused-ring (bicyclic) bond motifs is 3. The van der Waals surface area contributed by atoms with E-state index >= 15 is 0 Å². The van der Waals surface area contributed by atoms with Crippen LogP contribution in [-0.4, -0.2) is 0 Å². The third kappa shape index (κ3) is 5.95. The largest absolute Gasteiger partial charge is 0.455 e. The molecule has 0 aliphatic rings. The van der Waals surface area contributed by atoms with E-state index in [2.05, 4.69) is 217 Å². The van der Waals surface area contributed by atoms with Crippen LogP contribution in [0.3, 0.4) is 0 Å². The highest BCUT2D eigenvalue weighted by atomic mass is 16.3. The number of hydrogen-bond acceptors (Lipinski definition) is 2. The van der Waals surface area contributed by atoms with Gasteiger partial charge in [-0.3, -0.25) is 0 Å². The Morgan fingerprint density at radius 2 is 0.750 bits per heavy atom. The van der Waals surface area contributed by atoms with Crippen LogP contribution in [0.25, 0.3) is 77.6 Å². The number of furan rings is 1. The number of benzene rings is 9. The summed E-state index contributed by atoms with van der Waals surface area (Å²) in [5.41, 5.74) is 16.5. The molecule has 56 heavy (non-hydrogen) atoms. The normalized spacial score (nSPS) is 11.2. The van der Waals surface area contributed by atoms with E-state index in [-0.39, 0.29) is 0 Å². The summed E-state index contributed by atoms with van der Waals surface area (Å²) in [6.07, 6.45) is 0. The van der Waals surface area contributed by atoms with Gasteiger partial charge in [0.2, 0.25) is 0 Å². The Balaban J connectivity index is 1.23. The molecule has 0 N–H and O–H groups in total. The smallest absolute Gasteiger partial charge is 0.143 e. The van der Waals surface area contributed by atoms with Gasteiger partial charge in [-0.1, -0.05) is 194 Å². The van der Waals surface area contributed by atoms with E-state index in [1.807, 2.05) is 12.1 Å². The van der Waals surface area contributed by atoms with Crippen molar-refractivity contribution in [1.29, 1.82) is 0 Å². The van der Waals surface area contributed by atoms with Gasteiger partial charge in [0.05, 0.1) is 11.4 Å². The maximum Gasteiger partial charge on any atom is 0.143 e. The topological polar surface area (TPSA) is 16.4 Å². The van der Waals surface area contributed by atoms with E-state index in [9.17, 15) is 0 Å². The molecular formula is C54H37NO. The molecule has 0 saturated heterocycles. The minimum atomic E-state index is 0.900. The lowest BCUT2D eigenvalue weighted by Gasteiger charge is -2.31. The third-order valence-corrected chi connectivity index (χ3v) is 10.7. The first kappa shape index (κ1) is 33.2. The second-order valence-electron chi connectivity index (χ2n) is 14.0. The van der Waals surface area contributed by atoms with E-state index in [1.165, 1.54) is 22.3 Å². The number of anilines is 3. The molecule has 264 valence electrons. The molecule has 2 heteroatoms. The maximum absolute atomic E-state index is 6.48. The van der Waals surface area contributed by atoms with E-state index in [0.717, 1.165) is 72.4 Å². The average Bonchev–Trinajstić information content (AvgIpc) is 3.67. The minimum Gasteiger partial charge on any atom is -0.455 e. The number of hydrogen-bond donors (Lipinski definition) is 0. The van der Waals surface area contributed by atoms with Gasteiger partial charge in [0.15, 0.2) is 0 Å². The molecule has 1 aromatic heterocycles. The van der Waals surface area contributed by atoms with Crippen molar-refractivity contribution in [3.63, 3.8) is 0 Å². The summed E-state index contributed by atoms with van der Waals surface area (Å²) in [5.74, 6) is 0. The van der Waals surface area contributed by atoms with Crippen molar-refractivity contribution in [1.82, 2.24) is 0 Å². The molecule has 2 nitrogen and oxygen atoms in total. The lowest BCUT2D eigenvalue weighted by atomic mass is 9.87. The lowest BCUT2D eigenvalue weighted by Crippen LogP contribution is -2.13. The summed E-state index contributed by atoms with van der Waals surface area (Å²) in [7, 11) is 0. The molecule has 0 atom stereocenters. The summed E-state index contributed by atoms with van der Waals surface area (Å²) < 4.78 is 6.48. The second-order valence-corrected chi connectivity index (χ2v) is 14.0. The maximum atomic E-state index is 6.48. The number of rotatable bonds is 8. The Morgan fingerprint density at radius 1 is 0.286 bits per heavy atom. The lowest BCUT2D eigenvalue weighted by molar-refractivity contribution is 0.670. The first-order valence-electron chi connectivity index (χ1n) is 19.1. The molecule has 0 bridgehead atoms. The molecule has 9 aromatic carbocycles. The minimum absolute atomic E-state index is 0.900. The summed E-state index contributed by atoms with van der Waals surface area (Å²) in [4.78, 5) is 2.44. The second kappa shape index (κ2) is 14.4. The van der Waals surface area contributed by atoms with Crippen molar-refractivity contribution < 1.29 is 4.42 Å². The first-order chi connectivity index (χ1) is 27.8. The van der Waals surface area contributed by atoms with Gasteiger partial charge in [-0.15, -0.1) is 0 Å². The molecule has 0 unspecified atom stereocenters. The quantitative estimate of drug-likeness (QED) is 0.156. The predicted molar refractivity (Wildman–Crippen MR) is 236 cm³/mol. The third-order valence-electron chi connectivity index (χ3n) is 10.7. The summed E-state index contributed by atoms with van der Waals surface area (Å²) in [5, 5.41) is 2.26. The highest BCUT2D eigenvalue weighted by Gasteiger charge is 2.24. The van der Waals surface area contributed by atoms with Gasteiger partial charge in [0.1, 0.15) is 11.2 Å². The van der Waals surface area contributed by atoms with Crippen LogP contribution in [-0.2, 0) is 0 Å². The monoisotopic (exact) mass is 715 g/mol. The van der Waals surface area contributed by atoms with E-state index in [0.29, 0.717) is 0 Å². The van der Waals surface area contributed by atoms with Gasteiger partial charge in [-0.25, -0.2) is 0 Å². The first-order valence-corrected chi connectivity index (χ1v) is 19.1. The highest BCUT2D eigenvalue weighted by Crippen LogP contribution is 2.50. The zero-order valence-corrected chi connectivity index (χ0v) is 30.7. The van der Waals surface area contributed by atoms with Crippen LogP contribution in [0.1, 0.15) is 0 Å².